The summed E-state index contributed by atoms with van der Waals surface area (Å²) in [5, 5.41) is 4.21. The topological polar surface area (TPSA) is 43.6 Å². The van der Waals surface area contributed by atoms with Crippen molar-refractivity contribution in [1.82, 2.24) is 4.68 Å². The number of hydrogen-bond donors (Lipinski definition) is 0. The first-order chi connectivity index (χ1) is 9.10. The molecule has 0 saturated carbocycles. The van der Waals surface area contributed by atoms with Crippen LogP contribution in [0.2, 0.25) is 0 Å². The van der Waals surface area contributed by atoms with Crippen molar-refractivity contribution in [3.63, 3.8) is 0 Å². The zero-order valence-corrected chi connectivity index (χ0v) is 11.3. The second-order valence-corrected chi connectivity index (χ2v) is 4.34. The number of aryl methyl sites for hydroxylation is 2. The minimum absolute atomic E-state index is 0.123. The Kier molecular flexibility index (Phi) is 3.80. The molecule has 0 radical (unpaired) electrons. The first-order valence-electron chi connectivity index (χ1n) is 5.99. The quantitative estimate of drug-likeness (QED) is 0.791. The van der Waals surface area contributed by atoms with Crippen LogP contribution in [0.4, 0.5) is 0 Å². The van der Waals surface area contributed by atoms with E-state index in [1.807, 2.05) is 44.2 Å². The van der Waals surface area contributed by atoms with Gasteiger partial charge >= 0.3 is 0 Å². The average Bonchev–Trinajstić information content (AvgIpc) is 2.38. The van der Waals surface area contributed by atoms with Crippen molar-refractivity contribution in [3.05, 3.63) is 63.6 Å². The molecule has 0 aliphatic heterocycles. The van der Waals surface area contributed by atoms with Gasteiger partial charge in [-0.3, -0.25) is 4.79 Å². The number of methoxy groups -OCH3 is 1. The molecule has 1 heterocycles. The largest absolute Gasteiger partial charge is 0.497 e. The van der Waals surface area contributed by atoms with Gasteiger partial charge < -0.3 is 4.74 Å². The highest BCUT2D eigenvalue weighted by Crippen LogP contribution is 2.09. The van der Waals surface area contributed by atoms with Crippen LogP contribution in [0.25, 0.3) is 0 Å². The van der Waals surface area contributed by atoms with Gasteiger partial charge in [-0.15, -0.1) is 0 Å². The van der Waals surface area contributed by atoms with Crippen LogP contribution in [0, 0.1) is 13.8 Å². The first kappa shape index (κ1) is 13.1. The summed E-state index contributed by atoms with van der Waals surface area (Å²) in [6.45, 7) is 3.76. The summed E-state index contributed by atoms with van der Waals surface area (Å²) in [6, 6.07) is 11.0. The van der Waals surface area contributed by atoms with Crippen LogP contribution in [0.5, 0.6) is 5.75 Å². The maximum Gasteiger partial charge on any atom is 0.271 e. The molecule has 2 aromatic rings. The first-order valence-corrected chi connectivity index (χ1v) is 5.99. The Labute approximate surface area is 112 Å². The molecule has 0 bridgehead atoms. The Hall–Kier alpha value is -2.36. The predicted molar refractivity (Wildman–Crippen MR) is 76.2 cm³/mol. The Balaban J connectivity index is 2.29. The Bertz CT molecular complexity index is 655. The number of benzene rings is 1. The number of nitrogens with zero attached hydrogens (tertiary/aromatic N) is 2. The molecule has 0 aliphatic rings. The van der Waals surface area contributed by atoms with E-state index in [9.17, 15) is 4.79 Å². The van der Waals surface area contributed by atoms with Crippen LogP contribution in [0.1, 0.15) is 16.8 Å². The number of ether oxygens (including phenoxy) is 1. The van der Waals surface area contributed by atoms with E-state index >= 15 is 0 Å². The van der Waals surface area contributed by atoms with E-state index in [1.165, 1.54) is 4.68 Å². The van der Waals surface area contributed by atoms with Crippen molar-refractivity contribution in [1.29, 1.82) is 0 Å². The van der Waals surface area contributed by atoms with Crippen LogP contribution in [-0.4, -0.2) is 18.0 Å². The van der Waals surface area contributed by atoms with Crippen LogP contribution in [0.3, 0.4) is 0 Å². The van der Waals surface area contributed by atoms with Crippen molar-refractivity contribution < 1.29 is 4.74 Å². The number of rotatable bonds is 3. The molecule has 0 aliphatic carbocycles. The van der Waals surface area contributed by atoms with Crippen LogP contribution in [0.15, 0.2) is 46.3 Å². The third-order valence-electron chi connectivity index (χ3n) is 2.77. The van der Waals surface area contributed by atoms with E-state index in [2.05, 4.69) is 5.10 Å². The van der Waals surface area contributed by atoms with E-state index < -0.39 is 0 Å². The Morgan fingerprint density at radius 1 is 1.16 bits per heavy atom. The monoisotopic (exact) mass is 256 g/mol. The summed E-state index contributed by atoms with van der Waals surface area (Å²) in [6.07, 6.45) is 1.66. The normalized spacial score (nSPS) is 10.9. The molecule has 0 fully saturated rings. The minimum Gasteiger partial charge on any atom is -0.497 e. The molecule has 98 valence electrons. The highest BCUT2D eigenvalue weighted by atomic mass is 16.5. The molecule has 0 atom stereocenters. The molecule has 4 nitrogen and oxygen atoms in total. The molecule has 4 heteroatoms. The van der Waals surface area contributed by atoms with Gasteiger partial charge in [-0.05, 0) is 55.3 Å². The summed E-state index contributed by atoms with van der Waals surface area (Å²) in [4.78, 5) is 11.8. The van der Waals surface area contributed by atoms with Crippen LogP contribution in [-0.2, 0) is 0 Å². The lowest BCUT2D eigenvalue weighted by molar-refractivity contribution is 0.415. The third-order valence-corrected chi connectivity index (χ3v) is 2.77. The van der Waals surface area contributed by atoms with E-state index in [0.29, 0.717) is 0 Å². The fourth-order valence-electron chi connectivity index (χ4n) is 1.82. The molecule has 2 rings (SSSR count). The van der Waals surface area contributed by atoms with E-state index in [0.717, 1.165) is 22.6 Å². The maximum absolute atomic E-state index is 11.8. The van der Waals surface area contributed by atoms with Crippen molar-refractivity contribution in [2.24, 2.45) is 5.10 Å². The summed E-state index contributed by atoms with van der Waals surface area (Å²) in [5.41, 5.74) is 2.54. The molecule has 0 unspecified atom stereocenters. The molecule has 0 N–H and O–H groups in total. The van der Waals surface area contributed by atoms with Crippen LogP contribution >= 0.6 is 0 Å². The zero-order valence-electron chi connectivity index (χ0n) is 11.3. The van der Waals surface area contributed by atoms with Crippen molar-refractivity contribution in [2.75, 3.05) is 7.11 Å². The van der Waals surface area contributed by atoms with E-state index in [-0.39, 0.29) is 5.56 Å². The number of aromatic nitrogens is 1. The summed E-state index contributed by atoms with van der Waals surface area (Å²) >= 11 is 0. The maximum atomic E-state index is 11.8. The van der Waals surface area contributed by atoms with Gasteiger partial charge in [0.2, 0.25) is 0 Å². The highest BCUT2D eigenvalue weighted by molar-refractivity contribution is 5.79. The average molecular weight is 256 g/mol. The minimum atomic E-state index is -0.123. The van der Waals surface area contributed by atoms with Gasteiger partial charge in [0.25, 0.3) is 5.56 Å². The highest BCUT2D eigenvalue weighted by Gasteiger charge is 1.99. The van der Waals surface area contributed by atoms with Gasteiger partial charge in [-0.1, -0.05) is 0 Å². The molecule has 19 heavy (non-hydrogen) atoms. The van der Waals surface area contributed by atoms with Gasteiger partial charge in [-0.2, -0.15) is 5.10 Å². The molecule has 0 spiro atoms. The molecule has 1 aromatic heterocycles. The van der Waals surface area contributed by atoms with Gasteiger partial charge in [0, 0.05) is 11.8 Å². The Morgan fingerprint density at radius 3 is 2.42 bits per heavy atom. The van der Waals surface area contributed by atoms with Gasteiger partial charge in [-0.25, -0.2) is 4.68 Å². The van der Waals surface area contributed by atoms with Crippen molar-refractivity contribution in [2.45, 2.75) is 13.8 Å². The fraction of sp³-hybridized carbons (Fsp3) is 0.200. The standard InChI is InChI=1S/C15H16N2O2/c1-11-8-12(2)17(15(18)9-11)16-10-13-4-6-14(19-3)7-5-13/h4-10H,1-3H3. The SMILES string of the molecule is COc1ccc(C=Nn2c(C)cc(C)cc2=O)cc1. The molecular weight excluding hydrogens is 240 g/mol. The van der Waals surface area contributed by atoms with Crippen molar-refractivity contribution in [3.8, 4) is 5.75 Å². The lowest BCUT2D eigenvalue weighted by atomic mass is 10.2. The molecule has 1 aromatic carbocycles. The summed E-state index contributed by atoms with van der Waals surface area (Å²) in [7, 11) is 1.62. The van der Waals surface area contributed by atoms with E-state index in [4.69, 9.17) is 4.74 Å². The van der Waals surface area contributed by atoms with Gasteiger partial charge in [0.15, 0.2) is 0 Å². The third kappa shape index (κ3) is 3.10. The Morgan fingerprint density at radius 2 is 1.84 bits per heavy atom. The summed E-state index contributed by atoms with van der Waals surface area (Å²) < 4.78 is 6.47. The predicted octanol–water partition coefficient (Wildman–Crippen LogP) is 2.36. The van der Waals surface area contributed by atoms with Crippen molar-refractivity contribution >= 4 is 6.21 Å². The lowest BCUT2D eigenvalue weighted by Crippen LogP contribution is -2.18. The smallest absolute Gasteiger partial charge is 0.271 e. The molecule has 0 amide bonds. The van der Waals surface area contributed by atoms with Crippen LogP contribution < -0.4 is 10.3 Å². The van der Waals surface area contributed by atoms with Gasteiger partial charge in [0.1, 0.15) is 5.75 Å². The molecular formula is C15H16N2O2. The number of hydrogen-bond acceptors (Lipinski definition) is 3. The molecule has 0 saturated heterocycles. The second-order valence-electron chi connectivity index (χ2n) is 4.34. The van der Waals surface area contributed by atoms with E-state index in [1.54, 1.807) is 19.4 Å². The zero-order chi connectivity index (χ0) is 13.8. The lowest BCUT2D eigenvalue weighted by Gasteiger charge is -2.04. The number of pyridine rings is 1. The van der Waals surface area contributed by atoms with Gasteiger partial charge in [0.05, 0.1) is 13.3 Å². The fourth-order valence-corrected chi connectivity index (χ4v) is 1.82. The second kappa shape index (κ2) is 5.52. The summed E-state index contributed by atoms with van der Waals surface area (Å²) in [5.74, 6) is 0.792.